The van der Waals surface area contributed by atoms with Crippen LogP contribution in [0.15, 0.2) is 12.2 Å². The molecule has 1 N–H and O–H groups in total. The SMILES string of the molecule is C=C(C)C(=O)N[C@H]1[C@@H]([C@H]2COC(C)(C)O2)OC2OC(C)(C)O[C@@H]21. The van der Waals surface area contributed by atoms with Gasteiger partial charge in [0.1, 0.15) is 18.3 Å². The van der Waals surface area contributed by atoms with Gasteiger partial charge >= 0.3 is 0 Å². The summed E-state index contributed by atoms with van der Waals surface area (Å²) in [5, 5.41) is 2.94. The molecule has 0 saturated carbocycles. The van der Waals surface area contributed by atoms with Crippen LogP contribution in [-0.2, 0) is 28.5 Å². The summed E-state index contributed by atoms with van der Waals surface area (Å²) >= 11 is 0. The molecular formula is C16H25NO6. The molecule has 1 unspecified atom stereocenters. The molecule has 130 valence electrons. The highest BCUT2D eigenvalue weighted by molar-refractivity contribution is 5.92. The molecular weight excluding hydrogens is 302 g/mol. The molecule has 0 aromatic rings. The van der Waals surface area contributed by atoms with E-state index in [1.54, 1.807) is 6.92 Å². The number of hydrogen-bond acceptors (Lipinski definition) is 6. The summed E-state index contributed by atoms with van der Waals surface area (Å²) in [5.74, 6) is -1.66. The van der Waals surface area contributed by atoms with Gasteiger partial charge in [-0.15, -0.1) is 0 Å². The molecule has 0 bridgehead atoms. The molecule has 3 aliphatic heterocycles. The zero-order valence-electron chi connectivity index (χ0n) is 14.3. The largest absolute Gasteiger partial charge is 0.348 e. The third-order valence-corrected chi connectivity index (χ3v) is 4.17. The van der Waals surface area contributed by atoms with E-state index in [1.807, 2.05) is 27.7 Å². The number of rotatable bonds is 3. The number of nitrogens with one attached hydrogen (secondary N) is 1. The predicted molar refractivity (Wildman–Crippen MR) is 80.3 cm³/mol. The van der Waals surface area contributed by atoms with Crippen molar-refractivity contribution in [3.8, 4) is 0 Å². The summed E-state index contributed by atoms with van der Waals surface area (Å²) < 4.78 is 29.2. The first-order chi connectivity index (χ1) is 10.6. The van der Waals surface area contributed by atoms with Gasteiger partial charge in [-0.2, -0.15) is 0 Å². The van der Waals surface area contributed by atoms with Crippen LogP contribution in [0.2, 0.25) is 0 Å². The number of fused-ring (bicyclic) bond motifs is 1. The van der Waals surface area contributed by atoms with Crippen molar-refractivity contribution >= 4 is 5.91 Å². The van der Waals surface area contributed by atoms with Crippen LogP contribution in [0.1, 0.15) is 34.6 Å². The zero-order chi connectivity index (χ0) is 17.0. The van der Waals surface area contributed by atoms with Crippen molar-refractivity contribution in [1.29, 1.82) is 0 Å². The fourth-order valence-electron chi connectivity index (χ4n) is 3.17. The van der Waals surface area contributed by atoms with E-state index in [-0.39, 0.29) is 12.0 Å². The average molecular weight is 327 g/mol. The van der Waals surface area contributed by atoms with Gasteiger partial charge in [-0.05, 0) is 34.6 Å². The van der Waals surface area contributed by atoms with Crippen molar-refractivity contribution < 1.29 is 28.5 Å². The van der Waals surface area contributed by atoms with Gasteiger partial charge < -0.3 is 29.0 Å². The number of amides is 1. The molecule has 0 aromatic carbocycles. The fraction of sp³-hybridized carbons (Fsp3) is 0.812. The monoisotopic (exact) mass is 327 g/mol. The maximum Gasteiger partial charge on any atom is 0.246 e. The molecule has 0 aromatic heterocycles. The maximum atomic E-state index is 12.1. The Balaban J connectivity index is 1.79. The lowest BCUT2D eigenvalue weighted by molar-refractivity contribution is -0.223. The summed E-state index contributed by atoms with van der Waals surface area (Å²) in [5.41, 5.74) is 0.425. The van der Waals surface area contributed by atoms with E-state index in [4.69, 9.17) is 23.7 Å². The third-order valence-electron chi connectivity index (χ3n) is 4.17. The number of carbonyl (C=O) groups excluding carboxylic acids is 1. The molecule has 5 atom stereocenters. The lowest BCUT2D eigenvalue weighted by atomic mass is 10.0. The molecule has 3 aliphatic rings. The topological polar surface area (TPSA) is 75.3 Å². The van der Waals surface area contributed by atoms with E-state index in [0.717, 1.165) is 0 Å². The van der Waals surface area contributed by atoms with Crippen LogP contribution in [0.3, 0.4) is 0 Å². The van der Waals surface area contributed by atoms with Crippen LogP contribution >= 0.6 is 0 Å². The predicted octanol–water partition coefficient (Wildman–Crippen LogP) is 1.08. The van der Waals surface area contributed by atoms with Gasteiger partial charge in [-0.25, -0.2) is 0 Å². The molecule has 7 heteroatoms. The standard InChI is InChI=1S/C16H25NO6/c1-8(2)13(18)17-10-11(9-7-19-15(3,4)21-9)20-14-12(10)22-16(5,6)23-14/h9-12,14H,1,7H2,2-6H3,(H,17,18)/t9-,10+,11-,12-,14?/m1/s1. The minimum Gasteiger partial charge on any atom is -0.348 e. The second kappa shape index (κ2) is 5.53. The van der Waals surface area contributed by atoms with Gasteiger partial charge in [0.15, 0.2) is 17.9 Å². The Bertz CT molecular complexity index is 517. The Morgan fingerprint density at radius 3 is 2.35 bits per heavy atom. The van der Waals surface area contributed by atoms with E-state index in [2.05, 4.69) is 11.9 Å². The summed E-state index contributed by atoms with van der Waals surface area (Å²) in [6, 6.07) is -0.395. The van der Waals surface area contributed by atoms with E-state index < -0.39 is 36.1 Å². The lowest BCUT2D eigenvalue weighted by Crippen LogP contribution is -2.52. The second-order valence-electron chi connectivity index (χ2n) is 7.22. The van der Waals surface area contributed by atoms with E-state index in [1.165, 1.54) is 0 Å². The number of carbonyl (C=O) groups is 1. The molecule has 0 radical (unpaired) electrons. The molecule has 3 rings (SSSR count). The normalized spacial score (nSPS) is 40.8. The number of ether oxygens (including phenoxy) is 5. The van der Waals surface area contributed by atoms with Crippen molar-refractivity contribution in [2.24, 2.45) is 0 Å². The molecule has 1 amide bonds. The first-order valence-corrected chi connectivity index (χ1v) is 7.87. The molecule has 3 saturated heterocycles. The van der Waals surface area contributed by atoms with Crippen molar-refractivity contribution in [2.45, 2.75) is 76.8 Å². The van der Waals surface area contributed by atoms with Gasteiger partial charge in [0.05, 0.1) is 12.6 Å². The minimum absolute atomic E-state index is 0.240. The van der Waals surface area contributed by atoms with Crippen LogP contribution in [0.25, 0.3) is 0 Å². The molecule has 0 aliphatic carbocycles. The Hall–Kier alpha value is -0.990. The lowest BCUT2D eigenvalue weighted by Gasteiger charge is -2.29. The first-order valence-electron chi connectivity index (χ1n) is 7.87. The highest BCUT2D eigenvalue weighted by Crippen LogP contribution is 2.40. The molecule has 3 fully saturated rings. The highest BCUT2D eigenvalue weighted by Gasteiger charge is 2.58. The fourth-order valence-corrected chi connectivity index (χ4v) is 3.17. The van der Waals surface area contributed by atoms with Gasteiger partial charge in [0.25, 0.3) is 0 Å². The van der Waals surface area contributed by atoms with Crippen molar-refractivity contribution in [1.82, 2.24) is 5.32 Å². The molecule has 0 spiro atoms. The van der Waals surface area contributed by atoms with Gasteiger partial charge in [0.2, 0.25) is 5.91 Å². The average Bonchev–Trinajstić information content (AvgIpc) is 3.01. The van der Waals surface area contributed by atoms with E-state index >= 15 is 0 Å². The van der Waals surface area contributed by atoms with E-state index in [9.17, 15) is 4.79 Å². The quantitative estimate of drug-likeness (QED) is 0.782. The summed E-state index contributed by atoms with van der Waals surface area (Å²) in [4.78, 5) is 12.1. The van der Waals surface area contributed by atoms with Gasteiger partial charge in [-0.1, -0.05) is 6.58 Å². The highest BCUT2D eigenvalue weighted by atomic mass is 16.8. The van der Waals surface area contributed by atoms with Crippen LogP contribution < -0.4 is 5.32 Å². The summed E-state index contributed by atoms with van der Waals surface area (Å²) in [6.07, 6.45) is -1.66. The zero-order valence-corrected chi connectivity index (χ0v) is 14.3. The minimum atomic E-state index is -0.751. The van der Waals surface area contributed by atoms with Gasteiger partial charge in [-0.3, -0.25) is 4.79 Å². The van der Waals surface area contributed by atoms with Crippen LogP contribution in [0, 0.1) is 0 Å². The summed E-state index contributed by atoms with van der Waals surface area (Å²) in [7, 11) is 0. The number of hydrogen-bond donors (Lipinski definition) is 1. The van der Waals surface area contributed by atoms with Crippen molar-refractivity contribution in [3.63, 3.8) is 0 Å². The Morgan fingerprint density at radius 2 is 1.78 bits per heavy atom. The molecule has 7 nitrogen and oxygen atoms in total. The molecule has 23 heavy (non-hydrogen) atoms. The maximum absolute atomic E-state index is 12.1. The smallest absolute Gasteiger partial charge is 0.246 e. The molecule has 3 heterocycles. The van der Waals surface area contributed by atoms with Crippen molar-refractivity contribution in [3.05, 3.63) is 12.2 Å². The second-order valence-corrected chi connectivity index (χ2v) is 7.22. The van der Waals surface area contributed by atoms with Crippen LogP contribution in [-0.4, -0.2) is 54.7 Å². The van der Waals surface area contributed by atoms with Gasteiger partial charge in [0, 0.05) is 5.57 Å². The Kier molecular flexibility index (Phi) is 4.05. The van der Waals surface area contributed by atoms with E-state index in [0.29, 0.717) is 12.2 Å². The summed E-state index contributed by atoms with van der Waals surface area (Å²) in [6.45, 7) is 13.1. The van der Waals surface area contributed by atoms with Crippen LogP contribution in [0.4, 0.5) is 0 Å². The van der Waals surface area contributed by atoms with Crippen LogP contribution in [0.5, 0.6) is 0 Å². The Labute approximate surface area is 136 Å². The first kappa shape index (κ1) is 16.9. The third kappa shape index (κ3) is 3.29. The Morgan fingerprint density at radius 1 is 1.09 bits per heavy atom. The van der Waals surface area contributed by atoms with Crippen molar-refractivity contribution in [2.75, 3.05) is 6.61 Å².